The molecule has 1 saturated heterocycles. The molecule has 0 radical (unpaired) electrons. The second kappa shape index (κ2) is 8.81. The van der Waals surface area contributed by atoms with Gasteiger partial charge in [-0.05, 0) is 25.0 Å². The van der Waals surface area contributed by atoms with Crippen LogP contribution >= 0.6 is 0 Å². The minimum atomic E-state index is -0.0173. The van der Waals surface area contributed by atoms with Crippen molar-refractivity contribution in [3.63, 3.8) is 0 Å². The number of hydrogen-bond donors (Lipinski definition) is 1. The Balaban J connectivity index is 1.41. The summed E-state index contributed by atoms with van der Waals surface area (Å²) in [7, 11) is 1.63. The van der Waals surface area contributed by atoms with Gasteiger partial charge in [0.05, 0.1) is 18.3 Å². The van der Waals surface area contributed by atoms with E-state index < -0.39 is 0 Å². The van der Waals surface area contributed by atoms with E-state index in [-0.39, 0.29) is 6.04 Å². The lowest BCUT2D eigenvalue weighted by atomic mass is 10.0. The van der Waals surface area contributed by atoms with Crippen LogP contribution in [0.15, 0.2) is 72.2 Å². The Bertz CT molecular complexity index is 1090. The third kappa shape index (κ3) is 4.14. The molecule has 0 amide bonds. The van der Waals surface area contributed by atoms with Crippen molar-refractivity contribution in [2.45, 2.75) is 25.3 Å². The maximum absolute atomic E-state index is 6.33. The molecule has 160 valence electrons. The fourth-order valence-electron chi connectivity index (χ4n) is 4.21. The zero-order chi connectivity index (χ0) is 21.0. The number of ether oxygens (including phenoxy) is 3. The molecule has 7 nitrogen and oxygen atoms in total. The Morgan fingerprint density at radius 1 is 1.26 bits per heavy atom. The molecule has 0 bridgehead atoms. The number of methoxy groups -OCH3 is 1. The van der Waals surface area contributed by atoms with Crippen LogP contribution in [0.5, 0.6) is 5.88 Å². The van der Waals surface area contributed by atoms with Gasteiger partial charge >= 0.3 is 0 Å². The minimum absolute atomic E-state index is 0.0173. The number of piperazine rings is 1. The van der Waals surface area contributed by atoms with Gasteiger partial charge in [-0.25, -0.2) is 4.98 Å². The van der Waals surface area contributed by atoms with Crippen molar-refractivity contribution in [1.29, 1.82) is 0 Å². The number of aromatic nitrogens is 2. The first-order chi connectivity index (χ1) is 15.3. The molecule has 0 aromatic carbocycles. The van der Waals surface area contributed by atoms with Gasteiger partial charge in [-0.1, -0.05) is 23.8 Å². The predicted octanol–water partition coefficient (Wildman–Crippen LogP) is 3.81. The highest BCUT2D eigenvalue weighted by Gasteiger charge is 2.31. The van der Waals surface area contributed by atoms with Crippen molar-refractivity contribution in [2.24, 2.45) is 0 Å². The summed E-state index contributed by atoms with van der Waals surface area (Å²) in [6, 6.07) is 5.76. The molecule has 7 heteroatoms. The number of allylic oxidation sites excluding steroid dienone is 4. The van der Waals surface area contributed by atoms with Crippen molar-refractivity contribution >= 4 is 16.7 Å². The highest BCUT2D eigenvalue weighted by atomic mass is 16.5. The first-order valence-electron chi connectivity index (χ1n) is 10.7. The second-order valence-corrected chi connectivity index (χ2v) is 7.78. The van der Waals surface area contributed by atoms with Crippen molar-refractivity contribution in [1.82, 2.24) is 15.3 Å². The molecule has 1 fully saturated rings. The van der Waals surface area contributed by atoms with Gasteiger partial charge in [-0.3, -0.25) is 4.98 Å². The van der Waals surface area contributed by atoms with Gasteiger partial charge in [0.1, 0.15) is 29.8 Å². The Morgan fingerprint density at radius 2 is 2.23 bits per heavy atom. The van der Waals surface area contributed by atoms with Crippen molar-refractivity contribution < 1.29 is 14.2 Å². The summed E-state index contributed by atoms with van der Waals surface area (Å²) in [5.41, 5.74) is 4.02. The van der Waals surface area contributed by atoms with E-state index in [1.54, 1.807) is 19.6 Å². The normalized spacial score (nSPS) is 21.0. The van der Waals surface area contributed by atoms with Crippen LogP contribution in [0.1, 0.15) is 19.3 Å². The molecular weight excluding hydrogens is 392 g/mol. The van der Waals surface area contributed by atoms with Crippen molar-refractivity contribution in [2.75, 3.05) is 31.6 Å². The Hall–Kier alpha value is -3.32. The van der Waals surface area contributed by atoms with Gasteiger partial charge in [0.2, 0.25) is 5.88 Å². The summed E-state index contributed by atoms with van der Waals surface area (Å²) in [4.78, 5) is 11.5. The van der Waals surface area contributed by atoms with Crippen LogP contribution in [0.2, 0.25) is 0 Å². The highest BCUT2D eigenvalue weighted by molar-refractivity contribution is 5.88. The number of nitrogens with zero attached hydrogens (tertiary/aromatic N) is 3. The first-order valence-corrected chi connectivity index (χ1v) is 10.7. The van der Waals surface area contributed by atoms with Crippen LogP contribution in [-0.4, -0.2) is 42.8 Å². The molecular formula is C24H26N4O3. The number of fused-ring (bicyclic) bond motifs is 1. The lowest BCUT2D eigenvalue weighted by Gasteiger charge is -2.39. The minimum Gasteiger partial charge on any atom is -0.481 e. The lowest BCUT2D eigenvalue weighted by molar-refractivity contribution is 0.193. The fourth-order valence-corrected chi connectivity index (χ4v) is 4.21. The summed E-state index contributed by atoms with van der Waals surface area (Å²) in [6.45, 7) is 2.44. The standard InChI is InChI=1S/C24H26N4O3/c1-29-23-8-7-19-24(27-23)20(9-10-26-19)28-12-11-25-14-21(28)22-16-30-15-18(31-22)13-17-5-3-2-4-6-17/h2-3,5,7-10,15-16,21,25H,4,6,11-14H2,1H3. The van der Waals surface area contributed by atoms with Gasteiger partial charge in [-0.15, -0.1) is 0 Å². The average molecular weight is 418 g/mol. The van der Waals surface area contributed by atoms with Crippen molar-refractivity contribution in [3.05, 3.63) is 72.2 Å². The monoisotopic (exact) mass is 418 g/mol. The summed E-state index contributed by atoms with van der Waals surface area (Å²) >= 11 is 0. The number of pyridine rings is 2. The molecule has 3 aliphatic rings. The largest absolute Gasteiger partial charge is 0.481 e. The van der Waals surface area contributed by atoms with Gasteiger partial charge in [-0.2, -0.15) is 0 Å². The van der Waals surface area contributed by atoms with E-state index in [9.17, 15) is 0 Å². The Labute approximate surface area is 181 Å². The molecule has 2 aromatic heterocycles. The number of rotatable bonds is 5. The second-order valence-electron chi connectivity index (χ2n) is 7.78. The SMILES string of the molecule is COc1ccc2nccc(N3CCNCC3C3=COC=C(CC4=CC=CCC4)O3)c2n1. The molecule has 5 rings (SSSR count). The summed E-state index contributed by atoms with van der Waals surface area (Å²) < 4.78 is 17.4. The van der Waals surface area contributed by atoms with E-state index in [2.05, 4.69) is 38.4 Å². The van der Waals surface area contributed by atoms with E-state index in [1.807, 2.05) is 24.4 Å². The zero-order valence-corrected chi connectivity index (χ0v) is 17.6. The van der Waals surface area contributed by atoms with Crippen LogP contribution < -0.4 is 15.0 Å². The highest BCUT2D eigenvalue weighted by Crippen LogP contribution is 2.32. The first kappa shape index (κ1) is 19.6. The molecule has 4 heterocycles. The average Bonchev–Trinajstić information content (AvgIpc) is 2.84. The molecule has 2 aromatic rings. The van der Waals surface area contributed by atoms with Gasteiger partial charge < -0.3 is 24.4 Å². The molecule has 0 spiro atoms. The number of nitrogens with one attached hydrogen (secondary N) is 1. The maximum Gasteiger partial charge on any atom is 0.213 e. The number of hydrogen-bond acceptors (Lipinski definition) is 7. The van der Waals surface area contributed by atoms with Crippen LogP contribution in [0.3, 0.4) is 0 Å². The topological polar surface area (TPSA) is 68.7 Å². The fraction of sp³-hybridized carbons (Fsp3) is 0.333. The van der Waals surface area contributed by atoms with Gasteiger partial charge in [0, 0.05) is 38.3 Å². The summed E-state index contributed by atoms with van der Waals surface area (Å²) in [5.74, 6) is 2.21. The number of anilines is 1. The summed E-state index contributed by atoms with van der Waals surface area (Å²) in [5, 5.41) is 3.48. The van der Waals surface area contributed by atoms with Crippen LogP contribution in [0.25, 0.3) is 11.0 Å². The smallest absolute Gasteiger partial charge is 0.213 e. The van der Waals surface area contributed by atoms with E-state index >= 15 is 0 Å². The van der Waals surface area contributed by atoms with E-state index in [1.165, 1.54) is 5.57 Å². The van der Waals surface area contributed by atoms with Gasteiger partial charge in [0.15, 0.2) is 5.76 Å². The third-order valence-corrected chi connectivity index (χ3v) is 5.76. The molecule has 0 saturated carbocycles. The molecule has 1 unspecified atom stereocenters. The molecule has 1 atom stereocenters. The van der Waals surface area contributed by atoms with Crippen LogP contribution in [0, 0.1) is 0 Å². The van der Waals surface area contributed by atoms with E-state index in [0.717, 1.165) is 67.1 Å². The summed E-state index contributed by atoms with van der Waals surface area (Å²) in [6.07, 6.45) is 14.6. The predicted molar refractivity (Wildman–Crippen MR) is 120 cm³/mol. The van der Waals surface area contributed by atoms with Gasteiger partial charge in [0.25, 0.3) is 0 Å². The Kier molecular flexibility index (Phi) is 5.58. The van der Waals surface area contributed by atoms with E-state index in [4.69, 9.17) is 14.2 Å². The third-order valence-electron chi connectivity index (χ3n) is 5.76. The Morgan fingerprint density at radius 3 is 3.10 bits per heavy atom. The van der Waals surface area contributed by atoms with E-state index in [0.29, 0.717) is 5.88 Å². The lowest BCUT2D eigenvalue weighted by Crippen LogP contribution is -2.53. The quantitative estimate of drug-likeness (QED) is 0.792. The molecule has 1 aliphatic carbocycles. The molecule has 1 N–H and O–H groups in total. The molecule has 2 aliphatic heterocycles. The molecule has 31 heavy (non-hydrogen) atoms. The zero-order valence-electron chi connectivity index (χ0n) is 17.6. The van der Waals surface area contributed by atoms with Crippen molar-refractivity contribution in [3.8, 4) is 5.88 Å². The van der Waals surface area contributed by atoms with Crippen LogP contribution in [0.4, 0.5) is 5.69 Å². The van der Waals surface area contributed by atoms with Crippen LogP contribution in [-0.2, 0) is 9.47 Å². The maximum atomic E-state index is 6.33.